The van der Waals surface area contributed by atoms with Gasteiger partial charge in [-0.2, -0.15) is 0 Å². The van der Waals surface area contributed by atoms with Gasteiger partial charge in [-0.25, -0.2) is 8.78 Å². The highest BCUT2D eigenvalue weighted by atomic mass is 35.5. The first kappa shape index (κ1) is 9.20. The van der Waals surface area contributed by atoms with Crippen LogP contribution in [0.5, 0.6) is 0 Å². The Morgan fingerprint density at radius 2 is 1.82 bits per heavy atom. The van der Waals surface area contributed by atoms with Crippen molar-refractivity contribution in [2.75, 3.05) is 13.1 Å². The molecule has 4 heteroatoms. The minimum absolute atomic E-state index is 0. The Bertz CT molecular complexity index is 145. The average molecular weight is 184 g/mol. The molecule has 2 rings (SSSR count). The van der Waals surface area contributed by atoms with Crippen LogP contribution in [0, 0.1) is 5.41 Å². The van der Waals surface area contributed by atoms with Gasteiger partial charge in [0.2, 0.25) is 5.92 Å². The normalized spacial score (nSPS) is 31.1. The van der Waals surface area contributed by atoms with E-state index in [4.69, 9.17) is 0 Å². The zero-order valence-electron chi connectivity index (χ0n) is 6.20. The maximum Gasteiger partial charge on any atom is 0.249 e. The molecule has 0 radical (unpaired) electrons. The fourth-order valence-electron chi connectivity index (χ4n) is 2.14. The van der Waals surface area contributed by atoms with Gasteiger partial charge in [-0.15, -0.1) is 12.4 Å². The van der Waals surface area contributed by atoms with Crippen molar-refractivity contribution < 1.29 is 8.78 Å². The summed E-state index contributed by atoms with van der Waals surface area (Å²) in [6.45, 7) is 1.73. The van der Waals surface area contributed by atoms with E-state index < -0.39 is 5.92 Å². The summed E-state index contributed by atoms with van der Waals surface area (Å²) in [5, 5.41) is 3.12. The second-order valence-electron chi connectivity index (χ2n) is 3.64. The summed E-state index contributed by atoms with van der Waals surface area (Å²) in [5.41, 5.74) is -0.0104. The van der Waals surface area contributed by atoms with Crippen molar-refractivity contribution in [2.24, 2.45) is 5.41 Å². The first-order valence-corrected chi connectivity index (χ1v) is 3.71. The number of halogens is 3. The summed E-state index contributed by atoms with van der Waals surface area (Å²) in [7, 11) is 0. The second-order valence-corrected chi connectivity index (χ2v) is 3.64. The van der Waals surface area contributed by atoms with Gasteiger partial charge in [0.15, 0.2) is 0 Å². The highest BCUT2D eigenvalue weighted by molar-refractivity contribution is 5.85. The first-order chi connectivity index (χ1) is 4.62. The minimum Gasteiger partial charge on any atom is -0.316 e. The van der Waals surface area contributed by atoms with Gasteiger partial charge in [-0.05, 0) is 18.4 Å². The number of rotatable bonds is 0. The third-order valence-electron chi connectivity index (χ3n) is 2.60. The second kappa shape index (κ2) is 2.56. The number of hydrogen-bond donors (Lipinski definition) is 1. The van der Waals surface area contributed by atoms with Crippen LogP contribution in [-0.2, 0) is 0 Å². The fourth-order valence-corrected chi connectivity index (χ4v) is 2.14. The van der Waals surface area contributed by atoms with Gasteiger partial charge in [-0.1, -0.05) is 0 Å². The fraction of sp³-hybridized carbons (Fsp3) is 1.00. The molecule has 0 amide bonds. The molecule has 0 unspecified atom stereocenters. The average Bonchev–Trinajstić information content (AvgIpc) is 2.10. The predicted molar refractivity (Wildman–Crippen MR) is 41.3 cm³/mol. The van der Waals surface area contributed by atoms with E-state index in [-0.39, 0.29) is 30.7 Å². The largest absolute Gasteiger partial charge is 0.316 e. The monoisotopic (exact) mass is 183 g/mol. The molecule has 2 aliphatic rings. The number of hydrogen-bond acceptors (Lipinski definition) is 1. The summed E-state index contributed by atoms with van der Waals surface area (Å²) in [6, 6.07) is 0. The van der Waals surface area contributed by atoms with Gasteiger partial charge < -0.3 is 5.32 Å². The van der Waals surface area contributed by atoms with Crippen molar-refractivity contribution in [1.29, 1.82) is 0 Å². The van der Waals surface area contributed by atoms with Crippen molar-refractivity contribution in [2.45, 2.75) is 25.2 Å². The highest BCUT2D eigenvalue weighted by Crippen LogP contribution is 2.54. The van der Waals surface area contributed by atoms with E-state index in [0.29, 0.717) is 0 Å². The summed E-state index contributed by atoms with van der Waals surface area (Å²) in [5.74, 6) is -2.34. The molecule has 66 valence electrons. The Hall–Kier alpha value is 0.110. The molecular weight excluding hydrogens is 172 g/mol. The third-order valence-corrected chi connectivity index (χ3v) is 2.60. The van der Waals surface area contributed by atoms with E-state index in [1.807, 2.05) is 0 Å². The van der Waals surface area contributed by atoms with E-state index in [9.17, 15) is 8.78 Å². The number of nitrogens with one attached hydrogen (secondary N) is 1. The quantitative estimate of drug-likeness (QED) is 0.604. The van der Waals surface area contributed by atoms with Crippen LogP contribution in [0.3, 0.4) is 0 Å². The van der Waals surface area contributed by atoms with Crippen LogP contribution >= 0.6 is 12.4 Å². The highest BCUT2D eigenvalue weighted by Gasteiger charge is 2.56. The molecule has 1 spiro atoms. The van der Waals surface area contributed by atoms with E-state index in [0.717, 1.165) is 19.5 Å². The molecule has 1 aliphatic carbocycles. The van der Waals surface area contributed by atoms with E-state index in [2.05, 4.69) is 5.32 Å². The summed E-state index contributed by atoms with van der Waals surface area (Å²) in [6.07, 6.45) is 1.18. The van der Waals surface area contributed by atoms with E-state index >= 15 is 0 Å². The molecule has 2 fully saturated rings. The lowest BCUT2D eigenvalue weighted by atomic mass is 9.65. The maximum atomic E-state index is 12.4. The van der Waals surface area contributed by atoms with Gasteiger partial charge in [0.25, 0.3) is 0 Å². The van der Waals surface area contributed by atoms with Crippen molar-refractivity contribution in [3.8, 4) is 0 Å². The van der Waals surface area contributed by atoms with Crippen LogP contribution in [0.2, 0.25) is 0 Å². The smallest absolute Gasteiger partial charge is 0.249 e. The molecule has 1 saturated carbocycles. The maximum absolute atomic E-state index is 12.4. The molecular formula is C7H12ClF2N. The van der Waals surface area contributed by atoms with E-state index in [1.54, 1.807) is 0 Å². The van der Waals surface area contributed by atoms with Crippen LogP contribution in [0.1, 0.15) is 19.3 Å². The van der Waals surface area contributed by atoms with Gasteiger partial charge in [0.1, 0.15) is 0 Å². The lowest BCUT2D eigenvalue weighted by Crippen LogP contribution is -2.47. The van der Waals surface area contributed by atoms with Crippen molar-refractivity contribution >= 4 is 12.4 Å². The Labute approximate surface area is 71.0 Å². The lowest BCUT2D eigenvalue weighted by molar-refractivity contribution is -0.152. The minimum atomic E-state index is -2.34. The Kier molecular flexibility index (Phi) is 2.14. The molecule has 0 aromatic heterocycles. The van der Waals surface area contributed by atoms with Gasteiger partial charge in [0, 0.05) is 19.4 Å². The molecule has 1 nitrogen and oxygen atoms in total. The Balaban J connectivity index is 0.000000605. The molecule has 0 aromatic carbocycles. The first-order valence-electron chi connectivity index (χ1n) is 3.71. The molecule has 1 N–H and O–H groups in total. The lowest BCUT2D eigenvalue weighted by Gasteiger charge is -2.44. The summed E-state index contributed by atoms with van der Waals surface area (Å²) in [4.78, 5) is 0. The van der Waals surface area contributed by atoms with Crippen molar-refractivity contribution in [3.05, 3.63) is 0 Å². The van der Waals surface area contributed by atoms with Gasteiger partial charge in [0.05, 0.1) is 0 Å². The molecule has 0 atom stereocenters. The van der Waals surface area contributed by atoms with Crippen LogP contribution in [0.4, 0.5) is 8.78 Å². The molecule has 1 saturated heterocycles. The van der Waals surface area contributed by atoms with E-state index in [1.165, 1.54) is 0 Å². The van der Waals surface area contributed by atoms with Crippen LogP contribution in [0.25, 0.3) is 0 Å². The molecule has 11 heavy (non-hydrogen) atoms. The summed E-state index contributed by atoms with van der Waals surface area (Å²) >= 11 is 0. The van der Waals surface area contributed by atoms with Crippen LogP contribution in [-0.4, -0.2) is 19.0 Å². The van der Waals surface area contributed by atoms with Gasteiger partial charge >= 0.3 is 0 Å². The molecule has 1 heterocycles. The standard InChI is InChI=1S/C7H11F2N.ClH/c8-7(9)3-6(4-7)1-2-10-5-6;/h10H,1-5H2;1H. The van der Waals surface area contributed by atoms with Gasteiger partial charge in [-0.3, -0.25) is 0 Å². The Morgan fingerprint density at radius 3 is 2.18 bits per heavy atom. The molecule has 0 bridgehead atoms. The zero-order valence-corrected chi connectivity index (χ0v) is 7.02. The van der Waals surface area contributed by atoms with Crippen LogP contribution in [0.15, 0.2) is 0 Å². The number of alkyl halides is 2. The zero-order chi connectivity index (χ0) is 7.24. The summed E-state index contributed by atoms with van der Waals surface area (Å²) < 4.78 is 24.8. The van der Waals surface area contributed by atoms with Crippen molar-refractivity contribution in [3.63, 3.8) is 0 Å². The topological polar surface area (TPSA) is 12.0 Å². The SMILES string of the molecule is Cl.FC1(F)CC2(CCNC2)C1. The van der Waals surface area contributed by atoms with Crippen molar-refractivity contribution in [1.82, 2.24) is 5.32 Å². The van der Waals surface area contributed by atoms with Crippen LogP contribution < -0.4 is 5.32 Å². The third kappa shape index (κ3) is 1.49. The molecule has 0 aromatic rings. The molecule has 1 aliphatic heterocycles. The predicted octanol–water partition coefficient (Wildman–Crippen LogP) is 1.82. The Morgan fingerprint density at radius 1 is 1.18 bits per heavy atom.